The van der Waals surface area contributed by atoms with Crippen molar-refractivity contribution in [2.45, 2.75) is 33.1 Å². The molecule has 1 atom stereocenters. The van der Waals surface area contributed by atoms with E-state index in [1.54, 1.807) is 18.2 Å². The highest BCUT2D eigenvalue weighted by molar-refractivity contribution is 6.31. The molecule has 0 aromatic heterocycles. The summed E-state index contributed by atoms with van der Waals surface area (Å²) < 4.78 is 11.0. The molecule has 2 aromatic carbocycles. The Morgan fingerprint density at radius 2 is 1.93 bits per heavy atom. The van der Waals surface area contributed by atoms with Crippen LogP contribution in [0.5, 0.6) is 11.5 Å². The molecule has 3 rings (SSSR count). The first-order valence-corrected chi connectivity index (χ1v) is 9.64. The van der Waals surface area contributed by atoms with Crippen LogP contribution in [0.4, 0.5) is 5.69 Å². The summed E-state index contributed by atoms with van der Waals surface area (Å²) in [6, 6.07) is 10.9. The minimum Gasteiger partial charge on any atom is -0.495 e. The van der Waals surface area contributed by atoms with Gasteiger partial charge in [0, 0.05) is 18.0 Å². The molecule has 0 spiro atoms. The fourth-order valence-corrected chi connectivity index (χ4v) is 3.54. The van der Waals surface area contributed by atoms with E-state index in [0.717, 1.165) is 11.1 Å². The molecule has 0 aliphatic carbocycles. The van der Waals surface area contributed by atoms with Gasteiger partial charge in [-0.25, -0.2) is 0 Å². The van der Waals surface area contributed by atoms with E-state index in [-0.39, 0.29) is 24.8 Å². The van der Waals surface area contributed by atoms with Gasteiger partial charge < -0.3 is 14.4 Å². The summed E-state index contributed by atoms with van der Waals surface area (Å²) in [4.78, 5) is 26.9. The number of hydrogen-bond acceptors (Lipinski definition) is 4. The van der Waals surface area contributed by atoms with E-state index < -0.39 is 11.9 Å². The van der Waals surface area contributed by atoms with Gasteiger partial charge in [-0.2, -0.15) is 0 Å². The maximum atomic E-state index is 12.8. The molecule has 0 N–H and O–H groups in total. The van der Waals surface area contributed by atoms with Gasteiger partial charge in [-0.15, -0.1) is 0 Å². The minimum absolute atomic E-state index is 0.0946. The Morgan fingerprint density at radius 3 is 2.61 bits per heavy atom. The van der Waals surface area contributed by atoms with E-state index in [9.17, 15) is 9.59 Å². The topological polar surface area (TPSA) is 55.8 Å². The number of hydrogen-bond donors (Lipinski definition) is 0. The van der Waals surface area contributed by atoms with Gasteiger partial charge in [-0.1, -0.05) is 37.6 Å². The smallest absolute Gasteiger partial charge is 0.316 e. The molecule has 1 fully saturated rings. The monoisotopic (exact) mass is 401 g/mol. The molecule has 0 bridgehead atoms. The number of methoxy groups -OCH3 is 1. The zero-order chi connectivity index (χ0) is 20.4. The van der Waals surface area contributed by atoms with Crippen LogP contribution in [-0.4, -0.2) is 25.5 Å². The average molecular weight is 402 g/mol. The van der Waals surface area contributed by atoms with Crippen molar-refractivity contribution in [3.63, 3.8) is 0 Å². The molecule has 2 aromatic rings. The van der Waals surface area contributed by atoms with Gasteiger partial charge in [0.2, 0.25) is 5.91 Å². The number of aryl methyl sites for hydroxylation is 1. The molecular formula is C22H24ClNO4. The molecule has 1 saturated heterocycles. The summed E-state index contributed by atoms with van der Waals surface area (Å²) in [5.74, 6) is 0.219. The molecular weight excluding hydrogens is 378 g/mol. The van der Waals surface area contributed by atoms with E-state index in [0.29, 0.717) is 22.2 Å². The highest BCUT2D eigenvalue weighted by atomic mass is 35.5. The van der Waals surface area contributed by atoms with Crippen molar-refractivity contribution in [1.82, 2.24) is 0 Å². The van der Waals surface area contributed by atoms with Gasteiger partial charge in [-0.05, 0) is 48.2 Å². The number of anilines is 1. The predicted molar refractivity (Wildman–Crippen MR) is 109 cm³/mol. The normalized spacial score (nSPS) is 16.6. The summed E-state index contributed by atoms with van der Waals surface area (Å²) in [6.45, 7) is 6.29. The molecule has 0 unspecified atom stereocenters. The Bertz CT molecular complexity index is 909. The number of amides is 1. The number of carbonyl (C=O) groups is 2. The highest BCUT2D eigenvalue weighted by Gasteiger charge is 2.37. The van der Waals surface area contributed by atoms with Crippen LogP contribution in [0.1, 0.15) is 37.3 Å². The number of esters is 1. The van der Waals surface area contributed by atoms with Gasteiger partial charge in [0.05, 0.1) is 18.7 Å². The lowest BCUT2D eigenvalue weighted by atomic mass is 10.0. The van der Waals surface area contributed by atoms with Crippen molar-refractivity contribution in [3.8, 4) is 11.5 Å². The summed E-state index contributed by atoms with van der Waals surface area (Å²) in [5, 5.41) is 0.496. The third-order valence-electron chi connectivity index (χ3n) is 4.89. The van der Waals surface area contributed by atoms with Gasteiger partial charge in [-0.3, -0.25) is 9.59 Å². The van der Waals surface area contributed by atoms with Crippen LogP contribution < -0.4 is 14.4 Å². The van der Waals surface area contributed by atoms with Crippen molar-refractivity contribution in [2.24, 2.45) is 5.92 Å². The number of nitrogens with zero attached hydrogens (tertiary/aromatic N) is 1. The molecule has 0 saturated carbocycles. The highest BCUT2D eigenvalue weighted by Crippen LogP contribution is 2.36. The van der Waals surface area contributed by atoms with E-state index in [1.165, 1.54) is 12.0 Å². The van der Waals surface area contributed by atoms with Crippen LogP contribution in [0, 0.1) is 12.8 Å². The average Bonchev–Trinajstić information content (AvgIpc) is 3.03. The predicted octanol–water partition coefficient (Wildman–Crippen LogP) is 4.74. The number of ether oxygens (including phenoxy) is 2. The summed E-state index contributed by atoms with van der Waals surface area (Å²) in [7, 11) is 1.53. The fraction of sp³-hybridized carbons (Fsp3) is 0.364. The first kappa shape index (κ1) is 20.2. The minimum atomic E-state index is -0.545. The van der Waals surface area contributed by atoms with Crippen LogP contribution in [0.25, 0.3) is 0 Å². The van der Waals surface area contributed by atoms with E-state index in [2.05, 4.69) is 0 Å². The zero-order valence-corrected chi connectivity index (χ0v) is 17.2. The Hall–Kier alpha value is -2.53. The lowest BCUT2D eigenvalue weighted by molar-refractivity contribution is -0.139. The van der Waals surface area contributed by atoms with Gasteiger partial charge >= 0.3 is 5.97 Å². The molecule has 1 aliphatic rings. The Morgan fingerprint density at radius 1 is 1.18 bits per heavy atom. The van der Waals surface area contributed by atoms with Crippen molar-refractivity contribution in [3.05, 3.63) is 52.5 Å². The molecule has 148 valence electrons. The summed E-state index contributed by atoms with van der Waals surface area (Å²) >= 11 is 6.08. The van der Waals surface area contributed by atoms with E-state index in [4.69, 9.17) is 21.1 Å². The third-order valence-corrected chi connectivity index (χ3v) is 5.13. The largest absolute Gasteiger partial charge is 0.495 e. The van der Waals surface area contributed by atoms with Gasteiger partial charge in [0.25, 0.3) is 0 Å². The van der Waals surface area contributed by atoms with Gasteiger partial charge in [0.15, 0.2) is 0 Å². The van der Waals surface area contributed by atoms with Crippen LogP contribution in [0.15, 0.2) is 36.4 Å². The van der Waals surface area contributed by atoms with Crippen LogP contribution in [0.3, 0.4) is 0 Å². The molecule has 0 radical (unpaired) electrons. The van der Waals surface area contributed by atoms with Crippen molar-refractivity contribution in [1.29, 1.82) is 0 Å². The van der Waals surface area contributed by atoms with Crippen LogP contribution >= 0.6 is 11.6 Å². The number of rotatable bonds is 5. The number of benzene rings is 2. The first-order valence-electron chi connectivity index (χ1n) is 9.26. The maximum Gasteiger partial charge on any atom is 0.316 e. The summed E-state index contributed by atoms with van der Waals surface area (Å²) in [6.07, 6.45) is 0.0946. The van der Waals surface area contributed by atoms with Crippen molar-refractivity contribution in [2.75, 3.05) is 18.6 Å². The van der Waals surface area contributed by atoms with Crippen LogP contribution in [0.2, 0.25) is 5.02 Å². The van der Waals surface area contributed by atoms with Crippen LogP contribution in [-0.2, 0) is 9.59 Å². The van der Waals surface area contributed by atoms with Gasteiger partial charge in [0.1, 0.15) is 11.5 Å². The zero-order valence-electron chi connectivity index (χ0n) is 16.5. The molecule has 5 nitrogen and oxygen atoms in total. The van der Waals surface area contributed by atoms with Crippen molar-refractivity contribution < 1.29 is 19.1 Å². The molecule has 1 aliphatic heterocycles. The Labute approximate surface area is 170 Å². The molecule has 6 heteroatoms. The summed E-state index contributed by atoms with van der Waals surface area (Å²) in [5.41, 5.74) is 2.55. The third kappa shape index (κ3) is 4.14. The second kappa shape index (κ2) is 8.23. The lowest BCUT2D eigenvalue weighted by Gasteiger charge is -2.20. The Kier molecular flexibility index (Phi) is 5.94. The SMILES string of the molecule is COc1ccc(Cl)cc1N1C[C@@H](C(=O)Oc2cc(C)ccc2C(C)C)CC1=O. The molecule has 1 amide bonds. The second-order valence-electron chi connectivity index (χ2n) is 7.34. The van der Waals surface area contributed by atoms with Crippen molar-refractivity contribution >= 4 is 29.2 Å². The second-order valence-corrected chi connectivity index (χ2v) is 7.78. The molecule has 1 heterocycles. The molecule has 28 heavy (non-hydrogen) atoms. The van der Waals surface area contributed by atoms with E-state index >= 15 is 0 Å². The first-order chi connectivity index (χ1) is 13.3. The number of halogens is 1. The Balaban J connectivity index is 1.80. The fourth-order valence-electron chi connectivity index (χ4n) is 3.37. The van der Waals surface area contributed by atoms with E-state index in [1.807, 2.05) is 39.0 Å². The maximum absolute atomic E-state index is 12.8. The number of carbonyl (C=O) groups excluding carboxylic acids is 2. The quantitative estimate of drug-likeness (QED) is 0.536. The standard InChI is InChI=1S/C22H24ClNO4/c1-13(2)17-7-5-14(3)9-20(17)28-22(26)15-10-21(25)24(12-15)18-11-16(23)6-8-19(18)27-4/h5-9,11,13,15H,10,12H2,1-4H3/t15-/m0/s1. The lowest BCUT2D eigenvalue weighted by Crippen LogP contribution is -2.27.